The highest BCUT2D eigenvalue weighted by molar-refractivity contribution is 7.89. The molecule has 0 bridgehead atoms. The van der Waals surface area contributed by atoms with Crippen molar-refractivity contribution in [1.29, 1.82) is 0 Å². The van der Waals surface area contributed by atoms with Crippen molar-refractivity contribution in [3.8, 4) is 11.5 Å². The highest BCUT2D eigenvalue weighted by Gasteiger charge is 2.46. The number of hydrogen-bond donors (Lipinski definition) is 0. The average Bonchev–Trinajstić information content (AvgIpc) is 3.04. The van der Waals surface area contributed by atoms with Gasteiger partial charge in [0.25, 0.3) is 0 Å². The van der Waals surface area contributed by atoms with Crippen LogP contribution in [0, 0.1) is 11.8 Å². The Bertz CT molecular complexity index is 1720. The molecule has 1 saturated heterocycles. The molecule has 0 saturated carbocycles. The number of anilines is 1. The van der Waals surface area contributed by atoms with E-state index >= 15 is 0 Å². The molecule has 0 radical (unpaired) electrons. The van der Waals surface area contributed by atoms with Crippen LogP contribution in [0.25, 0.3) is 10.8 Å². The Labute approximate surface area is 253 Å². The van der Waals surface area contributed by atoms with Crippen LogP contribution in [0.2, 0.25) is 0 Å². The van der Waals surface area contributed by atoms with E-state index in [1.807, 2.05) is 67.5 Å². The van der Waals surface area contributed by atoms with Crippen molar-refractivity contribution in [2.24, 2.45) is 16.9 Å². The van der Waals surface area contributed by atoms with Crippen LogP contribution in [0.1, 0.15) is 37.7 Å². The van der Waals surface area contributed by atoms with E-state index in [1.54, 1.807) is 26.4 Å². The summed E-state index contributed by atoms with van der Waals surface area (Å²) in [5.74, 6) is 0.621. The minimum absolute atomic E-state index is 0.108. The van der Waals surface area contributed by atoms with Crippen molar-refractivity contribution < 1.29 is 22.7 Å². The molecule has 10 heteroatoms. The molecule has 3 aromatic rings. The van der Waals surface area contributed by atoms with Gasteiger partial charge in [0.15, 0.2) is 11.5 Å². The quantitative estimate of drug-likeness (QED) is 0.343. The second-order valence-electron chi connectivity index (χ2n) is 11.5. The van der Waals surface area contributed by atoms with Gasteiger partial charge < -0.3 is 14.4 Å². The van der Waals surface area contributed by atoms with E-state index in [0.717, 1.165) is 28.8 Å². The number of allylic oxidation sites excluding steroid dienone is 2. The molecule has 1 unspecified atom stereocenters. The van der Waals surface area contributed by atoms with E-state index in [9.17, 15) is 13.2 Å². The fraction of sp³-hybridized carbons (Fsp3) is 0.394. The van der Waals surface area contributed by atoms with E-state index in [-0.39, 0.29) is 22.6 Å². The van der Waals surface area contributed by atoms with Crippen LogP contribution >= 0.6 is 0 Å². The first-order chi connectivity index (χ1) is 20.8. The highest BCUT2D eigenvalue weighted by atomic mass is 32.2. The molecule has 226 valence electrons. The lowest BCUT2D eigenvalue weighted by Gasteiger charge is -2.44. The van der Waals surface area contributed by atoms with Gasteiger partial charge in [0.1, 0.15) is 6.17 Å². The topological polar surface area (TPSA) is 91.8 Å². The van der Waals surface area contributed by atoms with E-state index in [2.05, 4.69) is 6.08 Å². The molecule has 9 nitrogen and oxygen atoms in total. The fourth-order valence-electron chi connectivity index (χ4n) is 6.70. The number of rotatable bonds is 7. The molecule has 1 aliphatic carbocycles. The summed E-state index contributed by atoms with van der Waals surface area (Å²) in [6, 6.07) is 16.8. The first kappa shape index (κ1) is 29.2. The molecule has 1 fully saturated rings. The third-order valence-electron chi connectivity index (χ3n) is 8.85. The van der Waals surface area contributed by atoms with Gasteiger partial charge in [0.2, 0.25) is 15.9 Å². The number of piperidine rings is 1. The molecule has 43 heavy (non-hydrogen) atoms. The van der Waals surface area contributed by atoms with E-state index in [4.69, 9.17) is 14.6 Å². The summed E-state index contributed by atoms with van der Waals surface area (Å²) in [5, 5.41) is 7.98. The van der Waals surface area contributed by atoms with Crippen molar-refractivity contribution in [2.75, 3.05) is 39.8 Å². The van der Waals surface area contributed by atoms with Crippen LogP contribution in [0.15, 0.2) is 76.7 Å². The van der Waals surface area contributed by atoms with E-state index < -0.39 is 16.2 Å². The second kappa shape index (κ2) is 11.7. The van der Waals surface area contributed by atoms with Crippen molar-refractivity contribution >= 4 is 38.1 Å². The molecule has 2 aliphatic heterocycles. The van der Waals surface area contributed by atoms with Gasteiger partial charge in [-0.2, -0.15) is 9.41 Å². The Balaban J connectivity index is 1.45. The Morgan fingerprint density at radius 3 is 2.35 bits per heavy atom. The lowest BCUT2D eigenvalue weighted by atomic mass is 9.76. The zero-order valence-corrected chi connectivity index (χ0v) is 25.9. The van der Waals surface area contributed by atoms with Gasteiger partial charge in [0, 0.05) is 48.6 Å². The van der Waals surface area contributed by atoms with Crippen LogP contribution in [-0.4, -0.2) is 70.4 Å². The summed E-state index contributed by atoms with van der Waals surface area (Å²) in [4.78, 5) is 16.3. The first-order valence-corrected chi connectivity index (χ1v) is 16.2. The number of fused-ring (bicyclic) bond motifs is 2. The van der Waals surface area contributed by atoms with Crippen LogP contribution in [0.5, 0.6) is 11.5 Å². The van der Waals surface area contributed by atoms with E-state index in [0.29, 0.717) is 49.1 Å². The largest absolute Gasteiger partial charge is 0.493 e. The Morgan fingerprint density at radius 2 is 1.60 bits per heavy atom. The van der Waals surface area contributed by atoms with Crippen molar-refractivity contribution in [3.05, 3.63) is 72.3 Å². The molecular formula is C33H38N4O5S. The minimum atomic E-state index is -3.98. The monoisotopic (exact) mass is 602 g/mol. The number of carbonyl (C=O) groups is 1. The van der Waals surface area contributed by atoms with Crippen LogP contribution in [0.3, 0.4) is 0 Å². The highest BCUT2D eigenvalue weighted by Crippen LogP contribution is 2.40. The molecule has 1 amide bonds. The molecule has 0 aromatic heterocycles. The maximum absolute atomic E-state index is 14.5. The minimum Gasteiger partial charge on any atom is -0.493 e. The Kier molecular flexibility index (Phi) is 7.91. The summed E-state index contributed by atoms with van der Waals surface area (Å²) >= 11 is 0. The predicted molar refractivity (Wildman–Crippen MR) is 168 cm³/mol. The van der Waals surface area contributed by atoms with E-state index in [1.165, 1.54) is 9.31 Å². The van der Waals surface area contributed by atoms with Crippen LogP contribution in [0.4, 0.5) is 5.69 Å². The zero-order valence-electron chi connectivity index (χ0n) is 25.1. The molecule has 3 aliphatic rings. The maximum Gasteiger partial charge on any atom is 0.248 e. The number of carbonyl (C=O) groups excluding carboxylic acids is 1. The van der Waals surface area contributed by atoms with Crippen molar-refractivity contribution in [3.63, 3.8) is 0 Å². The molecule has 3 aromatic carbocycles. The van der Waals surface area contributed by atoms with Crippen LogP contribution < -0.4 is 14.4 Å². The molecule has 0 spiro atoms. The number of ether oxygens (including phenoxy) is 2. The standard InChI is InChI=1S/C33H38N4O5S/c1-35(2)27-15-9-14-24-23(27)13-10-16-30(24)43(39,40)36-20-8-7-17-31(36)37-33(38)26-12-6-5-11-25(26)32(34-37)22-18-19-28(41-3)29(21-22)42-4/h5-6,9-10,13-16,18-19,21,25-26,31H,7-8,11-12,17,20H2,1-4H3/t25-,26+,31?/m0/s1. The third kappa shape index (κ3) is 5.06. The lowest BCUT2D eigenvalue weighted by Crippen LogP contribution is -2.57. The molecule has 0 N–H and O–H groups in total. The number of nitrogens with zero attached hydrogens (tertiary/aromatic N) is 4. The smallest absolute Gasteiger partial charge is 0.248 e. The van der Waals surface area contributed by atoms with Gasteiger partial charge in [-0.25, -0.2) is 13.4 Å². The molecule has 2 heterocycles. The summed E-state index contributed by atoms with van der Waals surface area (Å²) in [6.45, 7) is 0.315. The first-order valence-electron chi connectivity index (χ1n) is 14.8. The lowest BCUT2D eigenvalue weighted by molar-refractivity contribution is -0.144. The summed E-state index contributed by atoms with van der Waals surface area (Å²) in [6.07, 6.45) is 6.72. The van der Waals surface area contributed by atoms with Crippen molar-refractivity contribution in [2.45, 2.75) is 43.2 Å². The van der Waals surface area contributed by atoms with Gasteiger partial charge in [-0.05, 0) is 62.4 Å². The number of sulfonamides is 1. The van der Waals surface area contributed by atoms with Gasteiger partial charge in [-0.15, -0.1) is 0 Å². The number of benzene rings is 3. The number of amides is 1. The number of hydrazone groups is 1. The normalized spacial score (nSPS) is 22.7. The number of methoxy groups -OCH3 is 2. The maximum atomic E-state index is 14.5. The number of hydrogen-bond acceptors (Lipinski definition) is 7. The summed E-state index contributed by atoms with van der Waals surface area (Å²) in [7, 11) is 3.09. The third-order valence-corrected chi connectivity index (χ3v) is 10.8. The zero-order chi connectivity index (χ0) is 30.3. The average molecular weight is 603 g/mol. The van der Waals surface area contributed by atoms with Crippen molar-refractivity contribution in [1.82, 2.24) is 9.31 Å². The summed E-state index contributed by atoms with van der Waals surface area (Å²) in [5.41, 5.74) is 2.53. The van der Waals surface area contributed by atoms with Gasteiger partial charge in [-0.3, -0.25) is 4.79 Å². The SMILES string of the molecule is COc1ccc(C2=NN(C3CCCCN3S(=O)(=O)c3cccc4c(N(C)C)cccc34)C(=O)[C@@H]3CC=CC[C@H]23)cc1OC. The van der Waals surface area contributed by atoms with Crippen LogP contribution in [-0.2, 0) is 14.8 Å². The molecule has 6 rings (SSSR count). The van der Waals surface area contributed by atoms with Gasteiger partial charge >= 0.3 is 0 Å². The molecular weight excluding hydrogens is 564 g/mol. The fourth-order valence-corrected chi connectivity index (χ4v) is 8.54. The molecule has 3 atom stereocenters. The Hall–Kier alpha value is -3.89. The van der Waals surface area contributed by atoms with Gasteiger partial charge in [0.05, 0.1) is 30.7 Å². The van der Waals surface area contributed by atoms with Gasteiger partial charge in [-0.1, -0.05) is 36.4 Å². The Morgan fingerprint density at radius 1 is 0.884 bits per heavy atom. The predicted octanol–water partition coefficient (Wildman–Crippen LogP) is 5.25. The summed E-state index contributed by atoms with van der Waals surface area (Å²) < 4.78 is 41.5. The second-order valence-corrected chi connectivity index (χ2v) is 13.4.